The second kappa shape index (κ2) is 7.60. The van der Waals surface area contributed by atoms with E-state index >= 15 is 0 Å². The first-order chi connectivity index (χ1) is 12.4. The molecule has 0 unspecified atom stereocenters. The van der Waals surface area contributed by atoms with Gasteiger partial charge in [0.1, 0.15) is 0 Å². The molecule has 0 radical (unpaired) electrons. The fraction of sp³-hybridized carbons (Fsp3) is 0.350. The van der Waals surface area contributed by atoms with Gasteiger partial charge in [-0.3, -0.25) is 4.79 Å². The second-order valence-electron chi connectivity index (χ2n) is 6.68. The lowest BCUT2D eigenvalue weighted by Crippen LogP contribution is -2.43. The Morgan fingerprint density at radius 2 is 1.58 bits per heavy atom. The van der Waals surface area contributed by atoms with E-state index in [0.717, 1.165) is 11.3 Å². The predicted octanol–water partition coefficient (Wildman–Crippen LogP) is 3.06. The van der Waals surface area contributed by atoms with Gasteiger partial charge in [-0.1, -0.05) is 36.4 Å². The van der Waals surface area contributed by atoms with Crippen LogP contribution < -0.4 is 4.90 Å². The molecule has 138 valence electrons. The molecule has 1 heterocycles. The van der Waals surface area contributed by atoms with Gasteiger partial charge in [0.2, 0.25) is 15.9 Å². The molecule has 0 aliphatic carbocycles. The molecule has 1 fully saturated rings. The summed E-state index contributed by atoms with van der Waals surface area (Å²) in [5, 5.41) is 0. The molecule has 0 N–H and O–H groups in total. The number of anilines is 1. The monoisotopic (exact) mass is 372 g/mol. The molecule has 1 amide bonds. The van der Waals surface area contributed by atoms with Gasteiger partial charge in [0.25, 0.3) is 0 Å². The summed E-state index contributed by atoms with van der Waals surface area (Å²) in [5.74, 6) is -0.104. The molecule has 0 aromatic heterocycles. The van der Waals surface area contributed by atoms with Gasteiger partial charge in [-0.2, -0.15) is 4.31 Å². The Bertz CT molecular complexity index is 873. The Kier molecular flexibility index (Phi) is 5.44. The topological polar surface area (TPSA) is 57.7 Å². The van der Waals surface area contributed by atoms with E-state index in [1.54, 1.807) is 37.1 Å². The maximum Gasteiger partial charge on any atom is 0.243 e. The molecule has 0 atom stereocenters. The minimum absolute atomic E-state index is 0.0455. The molecule has 2 aromatic carbocycles. The number of hydrogen-bond acceptors (Lipinski definition) is 3. The summed E-state index contributed by atoms with van der Waals surface area (Å²) in [4.78, 5) is 14.8. The number of piperidine rings is 1. The maximum atomic E-state index is 12.9. The van der Waals surface area contributed by atoms with Crippen LogP contribution in [0.5, 0.6) is 0 Å². The SMILES string of the molecule is Cc1ccccc1S(=O)(=O)N1CCC(C(=O)N(C)c2ccccc2)CC1. The normalized spacial score (nSPS) is 16.4. The zero-order valence-electron chi connectivity index (χ0n) is 15.1. The number of rotatable bonds is 4. The van der Waals surface area contributed by atoms with Gasteiger partial charge in [-0.25, -0.2) is 8.42 Å². The number of benzene rings is 2. The molecular formula is C20H24N2O3S. The van der Waals surface area contributed by atoms with Crippen molar-refractivity contribution in [2.45, 2.75) is 24.7 Å². The molecule has 0 saturated carbocycles. The quantitative estimate of drug-likeness (QED) is 0.829. The number of para-hydroxylation sites is 1. The standard InChI is InChI=1S/C20H24N2O3S/c1-16-8-6-7-11-19(16)26(24,25)22-14-12-17(13-15-22)20(23)21(2)18-9-4-3-5-10-18/h3-11,17H,12-15H2,1-2H3. The summed E-state index contributed by atoms with van der Waals surface area (Å²) in [6, 6.07) is 16.5. The van der Waals surface area contributed by atoms with Gasteiger partial charge >= 0.3 is 0 Å². The van der Waals surface area contributed by atoms with E-state index < -0.39 is 10.0 Å². The summed E-state index contributed by atoms with van der Waals surface area (Å²) in [6.07, 6.45) is 1.09. The minimum Gasteiger partial charge on any atom is -0.315 e. The molecule has 5 nitrogen and oxygen atoms in total. The van der Waals surface area contributed by atoms with Crippen molar-refractivity contribution >= 4 is 21.6 Å². The van der Waals surface area contributed by atoms with Crippen LogP contribution >= 0.6 is 0 Å². The number of hydrogen-bond donors (Lipinski definition) is 0. The minimum atomic E-state index is -3.51. The Balaban J connectivity index is 1.68. The molecule has 1 aliphatic rings. The molecule has 0 bridgehead atoms. The van der Waals surface area contributed by atoms with E-state index in [9.17, 15) is 13.2 Å². The summed E-state index contributed by atoms with van der Waals surface area (Å²) in [7, 11) is -1.73. The summed E-state index contributed by atoms with van der Waals surface area (Å²) in [6.45, 7) is 2.55. The van der Waals surface area contributed by atoms with Crippen LogP contribution in [0.1, 0.15) is 18.4 Å². The number of nitrogens with zero attached hydrogens (tertiary/aromatic N) is 2. The predicted molar refractivity (Wildman–Crippen MR) is 103 cm³/mol. The molecular weight excluding hydrogens is 348 g/mol. The van der Waals surface area contributed by atoms with Crippen LogP contribution in [0.2, 0.25) is 0 Å². The van der Waals surface area contributed by atoms with Gasteiger partial charge in [0.05, 0.1) is 4.90 Å². The molecule has 3 rings (SSSR count). The van der Waals surface area contributed by atoms with Crippen molar-refractivity contribution in [3.05, 3.63) is 60.2 Å². The van der Waals surface area contributed by atoms with E-state index in [1.165, 1.54) is 4.31 Å². The van der Waals surface area contributed by atoms with Gasteiger partial charge < -0.3 is 4.90 Å². The Morgan fingerprint density at radius 3 is 2.19 bits per heavy atom. The van der Waals surface area contributed by atoms with Crippen LogP contribution in [0.25, 0.3) is 0 Å². The third kappa shape index (κ3) is 3.66. The number of carbonyl (C=O) groups excluding carboxylic acids is 1. The molecule has 2 aromatic rings. The van der Waals surface area contributed by atoms with Crippen LogP contribution in [0.15, 0.2) is 59.5 Å². The fourth-order valence-corrected chi connectivity index (χ4v) is 5.08. The highest BCUT2D eigenvalue weighted by molar-refractivity contribution is 7.89. The zero-order chi connectivity index (χ0) is 18.7. The van der Waals surface area contributed by atoms with E-state index in [2.05, 4.69) is 0 Å². The van der Waals surface area contributed by atoms with Crippen molar-refractivity contribution in [2.75, 3.05) is 25.0 Å². The second-order valence-corrected chi connectivity index (χ2v) is 8.58. The summed E-state index contributed by atoms with van der Waals surface area (Å²) < 4.78 is 27.2. The largest absolute Gasteiger partial charge is 0.315 e. The van der Waals surface area contributed by atoms with Crippen LogP contribution in [0.4, 0.5) is 5.69 Å². The van der Waals surface area contributed by atoms with Gasteiger partial charge in [-0.15, -0.1) is 0 Å². The fourth-order valence-electron chi connectivity index (χ4n) is 3.38. The van der Waals surface area contributed by atoms with Crippen LogP contribution in [0.3, 0.4) is 0 Å². The zero-order valence-corrected chi connectivity index (χ0v) is 15.9. The van der Waals surface area contributed by atoms with Crippen molar-refractivity contribution < 1.29 is 13.2 Å². The van der Waals surface area contributed by atoms with Gasteiger partial charge in [-0.05, 0) is 43.5 Å². The highest BCUT2D eigenvalue weighted by atomic mass is 32.2. The van der Waals surface area contributed by atoms with E-state index in [0.29, 0.717) is 30.8 Å². The van der Waals surface area contributed by atoms with Crippen molar-refractivity contribution in [3.8, 4) is 0 Å². The lowest BCUT2D eigenvalue weighted by atomic mass is 9.96. The van der Waals surface area contributed by atoms with E-state index in [-0.39, 0.29) is 11.8 Å². The molecule has 1 aliphatic heterocycles. The average molecular weight is 372 g/mol. The molecule has 1 saturated heterocycles. The summed E-state index contributed by atoms with van der Waals surface area (Å²) in [5.41, 5.74) is 1.60. The van der Waals surface area contributed by atoms with Crippen LogP contribution in [0, 0.1) is 12.8 Å². The highest BCUT2D eigenvalue weighted by Gasteiger charge is 2.33. The Labute approximate surface area is 155 Å². The van der Waals surface area contributed by atoms with Crippen molar-refractivity contribution in [1.82, 2.24) is 4.31 Å². The molecule has 6 heteroatoms. The van der Waals surface area contributed by atoms with E-state index in [1.807, 2.05) is 36.4 Å². The van der Waals surface area contributed by atoms with Crippen molar-refractivity contribution in [2.24, 2.45) is 5.92 Å². The first-order valence-electron chi connectivity index (χ1n) is 8.79. The van der Waals surface area contributed by atoms with Crippen LogP contribution in [-0.2, 0) is 14.8 Å². The summed E-state index contributed by atoms with van der Waals surface area (Å²) >= 11 is 0. The number of sulfonamides is 1. The number of aryl methyl sites for hydroxylation is 1. The molecule has 0 spiro atoms. The highest BCUT2D eigenvalue weighted by Crippen LogP contribution is 2.27. The van der Waals surface area contributed by atoms with Gasteiger partial charge in [0, 0.05) is 31.7 Å². The lowest BCUT2D eigenvalue weighted by Gasteiger charge is -2.32. The number of carbonyl (C=O) groups is 1. The Hall–Kier alpha value is -2.18. The first kappa shape index (κ1) is 18.6. The average Bonchev–Trinajstić information content (AvgIpc) is 2.68. The van der Waals surface area contributed by atoms with Gasteiger partial charge in [0.15, 0.2) is 0 Å². The van der Waals surface area contributed by atoms with Crippen LogP contribution in [-0.4, -0.2) is 38.8 Å². The number of amides is 1. The third-order valence-corrected chi connectivity index (χ3v) is 7.05. The lowest BCUT2D eigenvalue weighted by molar-refractivity contribution is -0.123. The van der Waals surface area contributed by atoms with E-state index in [4.69, 9.17) is 0 Å². The first-order valence-corrected chi connectivity index (χ1v) is 10.2. The third-order valence-electron chi connectivity index (χ3n) is 4.99. The van der Waals surface area contributed by atoms with Crippen molar-refractivity contribution in [3.63, 3.8) is 0 Å². The maximum absolute atomic E-state index is 12.9. The van der Waals surface area contributed by atoms with Crippen molar-refractivity contribution in [1.29, 1.82) is 0 Å². The smallest absolute Gasteiger partial charge is 0.243 e. The Morgan fingerprint density at radius 1 is 1.00 bits per heavy atom. The molecule has 26 heavy (non-hydrogen) atoms.